The molecule has 0 heterocycles. The molecule has 0 amide bonds. The Bertz CT molecular complexity index is 655. The Labute approximate surface area is 125 Å². The van der Waals surface area contributed by atoms with Crippen molar-refractivity contribution in [3.63, 3.8) is 0 Å². The van der Waals surface area contributed by atoms with Crippen LogP contribution < -0.4 is 10.5 Å². The Hall–Kier alpha value is -1.19. The number of alkyl halides is 3. The van der Waals surface area contributed by atoms with Gasteiger partial charge in [0.1, 0.15) is 0 Å². The van der Waals surface area contributed by atoms with E-state index in [1.807, 2.05) is 0 Å². The van der Waals surface area contributed by atoms with Crippen molar-refractivity contribution in [2.24, 2.45) is 11.7 Å². The topological polar surface area (TPSA) is 72.2 Å². The lowest BCUT2D eigenvalue weighted by molar-refractivity contribution is -0.139. The molecule has 3 N–H and O–H groups in total. The van der Waals surface area contributed by atoms with Gasteiger partial charge in [-0.2, -0.15) is 13.2 Å². The van der Waals surface area contributed by atoms with E-state index in [-0.39, 0.29) is 10.9 Å². The minimum Gasteiger partial charge on any atom is -0.392 e. The van der Waals surface area contributed by atoms with Gasteiger partial charge in [-0.3, -0.25) is 0 Å². The highest BCUT2D eigenvalue weighted by Gasteiger charge is 2.40. The van der Waals surface area contributed by atoms with Crippen LogP contribution in [0, 0.1) is 5.92 Å². The van der Waals surface area contributed by atoms with Crippen molar-refractivity contribution < 1.29 is 21.6 Å². The molecule has 0 saturated heterocycles. The summed E-state index contributed by atoms with van der Waals surface area (Å²) in [6.07, 6.45) is -3.28. The van der Waals surface area contributed by atoms with Crippen molar-refractivity contribution in [2.45, 2.75) is 30.0 Å². The van der Waals surface area contributed by atoms with Crippen LogP contribution in [0.5, 0.6) is 0 Å². The highest BCUT2D eigenvalue weighted by Crippen LogP contribution is 2.36. The molecule has 21 heavy (non-hydrogen) atoms. The van der Waals surface area contributed by atoms with Gasteiger partial charge in [0.25, 0.3) is 0 Å². The lowest BCUT2D eigenvalue weighted by atomic mass is 10.2. The third-order valence-corrected chi connectivity index (χ3v) is 4.92. The van der Waals surface area contributed by atoms with Gasteiger partial charge in [-0.25, -0.2) is 13.1 Å². The molecule has 116 valence electrons. The molecule has 1 aromatic rings. The van der Waals surface area contributed by atoms with Crippen LogP contribution in [0.25, 0.3) is 0 Å². The fourth-order valence-electron chi connectivity index (χ4n) is 1.98. The van der Waals surface area contributed by atoms with E-state index in [1.165, 1.54) is 6.07 Å². The van der Waals surface area contributed by atoms with E-state index in [0.29, 0.717) is 0 Å². The predicted octanol–water partition coefficient (Wildman–Crippen LogP) is 2.05. The zero-order chi connectivity index (χ0) is 15.8. The first-order valence-electron chi connectivity index (χ1n) is 6.11. The summed E-state index contributed by atoms with van der Waals surface area (Å²) in [6, 6.07) is 3.19. The third kappa shape index (κ3) is 3.72. The smallest absolute Gasteiger partial charge is 0.392 e. The summed E-state index contributed by atoms with van der Waals surface area (Å²) >= 11 is 4.79. The number of hydrogen-bond donors (Lipinski definition) is 2. The van der Waals surface area contributed by atoms with Crippen LogP contribution in [0.4, 0.5) is 13.2 Å². The van der Waals surface area contributed by atoms with Crippen molar-refractivity contribution in [1.29, 1.82) is 0 Å². The van der Waals surface area contributed by atoms with E-state index in [1.54, 1.807) is 0 Å². The van der Waals surface area contributed by atoms with Gasteiger partial charge in [0.15, 0.2) is 0 Å². The van der Waals surface area contributed by atoms with Gasteiger partial charge < -0.3 is 5.73 Å². The van der Waals surface area contributed by atoms with Crippen LogP contribution in [0.3, 0.4) is 0 Å². The maximum absolute atomic E-state index is 12.9. The molecule has 1 saturated carbocycles. The average molecular weight is 338 g/mol. The van der Waals surface area contributed by atoms with Crippen LogP contribution in [0.1, 0.15) is 18.4 Å². The molecular weight excluding hydrogens is 325 g/mol. The zero-order valence-electron chi connectivity index (χ0n) is 10.7. The minimum absolute atomic E-state index is 0.0460. The molecule has 1 fully saturated rings. The molecule has 1 unspecified atom stereocenters. The van der Waals surface area contributed by atoms with Crippen molar-refractivity contribution in [3.8, 4) is 0 Å². The van der Waals surface area contributed by atoms with Gasteiger partial charge in [-0.05, 0) is 30.9 Å². The van der Waals surface area contributed by atoms with Gasteiger partial charge >= 0.3 is 6.18 Å². The number of hydrogen-bond acceptors (Lipinski definition) is 3. The average Bonchev–Trinajstić information content (AvgIpc) is 3.19. The second kappa shape index (κ2) is 5.54. The molecule has 1 atom stereocenters. The first-order valence-corrected chi connectivity index (χ1v) is 8.00. The van der Waals surface area contributed by atoms with Gasteiger partial charge in [-0.1, -0.05) is 24.4 Å². The summed E-state index contributed by atoms with van der Waals surface area (Å²) in [6.45, 7) is 0. The maximum Gasteiger partial charge on any atom is 0.417 e. The Balaban J connectivity index is 2.38. The van der Waals surface area contributed by atoms with Gasteiger partial charge in [0.2, 0.25) is 10.0 Å². The third-order valence-electron chi connectivity index (χ3n) is 3.16. The molecule has 1 aromatic carbocycles. The molecule has 0 radical (unpaired) electrons. The zero-order valence-corrected chi connectivity index (χ0v) is 12.4. The maximum atomic E-state index is 12.9. The molecule has 2 rings (SSSR count). The number of benzene rings is 1. The SMILES string of the molecule is NC(=S)C(NS(=O)(=O)c1ccccc1C(F)(F)F)C1CC1. The highest BCUT2D eigenvalue weighted by molar-refractivity contribution is 7.89. The lowest BCUT2D eigenvalue weighted by Crippen LogP contribution is -2.45. The van der Waals surface area contributed by atoms with Crippen LogP contribution >= 0.6 is 12.2 Å². The molecular formula is C12H13F3N2O2S2. The van der Waals surface area contributed by atoms with E-state index < -0.39 is 32.7 Å². The van der Waals surface area contributed by atoms with Crippen molar-refractivity contribution in [2.75, 3.05) is 0 Å². The first-order chi connectivity index (χ1) is 9.63. The van der Waals surface area contributed by atoms with Gasteiger partial charge in [0, 0.05) is 0 Å². The van der Waals surface area contributed by atoms with E-state index in [9.17, 15) is 21.6 Å². The van der Waals surface area contributed by atoms with E-state index in [4.69, 9.17) is 18.0 Å². The molecule has 0 bridgehead atoms. The summed E-state index contributed by atoms with van der Waals surface area (Å²) in [4.78, 5) is -0.884. The number of sulfonamides is 1. The van der Waals surface area contributed by atoms with Crippen molar-refractivity contribution in [1.82, 2.24) is 4.72 Å². The Morgan fingerprint density at radius 1 is 1.33 bits per heavy atom. The normalized spacial score (nSPS) is 17.5. The van der Waals surface area contributed by atoms with Crippen LogP contribution in [0.2, 0.25) is 0 Å². The second-order valence-corrected chi connectivity index (χ2v) is 6.99. The van der Waals surface area contributed by atoms with Crippen LogP contribution in [0.15, 0.2) is 29.2 Å². The Kier molecular flexibility index (Phi) is 4.27. The van der Waals surface area contributed by atoms with Gasteiger partial charge in [-0.15, -0.1) is 0 Å². The lowest BCUT2D eigenvalue weighted by Gasteiger charge is -2.19. The summed E-state index contributed by atoms with van der Waals surface area (Å²) in [5.74, 6) is -0.0460. The molecule has 1 aliphatic carbocycles. The standard InChI is InChI=1S/C12H13F3N2O2S2/c13-12(14,15)8-3-1-2-4-9(8)21(18,19)17-10(11(16)20)7-5-6-7/h1-4,7,10,17H,5-6H2,(H2,16,20). The monoisotopic (exact) mass is 338 g/mol. The largest absolute Gasteiger partial charge is 0.417 e. The fraction of sp³-hybridized carbons (Fsp3) is 0.417. The molecule has 1 aliphatic rings. The molecule has 0 spiro atoms. The first kappa shape index (κ1) is 16.2. The van der Waals surface area contributed by atoms with Gasteiger partial charge in [0.05, 0.1) is 21.5 Å². The van der Waals surface area contributed by atoms with Crippen LogP contribution in [-0.2, 0) is 16.2 Å². The van der Waals surface area contributed by atoms with Crippen molar-refractivity contribution >= 4 is 27.2 Å². The second-order valence-electron chi connectivity index (χ2n) is 4.83. The number of halogens is 3. The Morgan fingerprint density at radius 3 is 2.38 bits per heavy atom. The Morgan fingerprint density at radius 2 is 1.90 bits per heavy atom. The molecule has 9 heteroatoms. The summed E-state index contributed by atoms with van der Waals surface area (Å²) in [7, 11) is -4.36. The molecule has 4 nitrogen and oxygen atoms in total. The van der Waals surface area contributed by atoms with E-state index in [0.717, 1.165) is 31.0 Å². The quantitative estimate of drug-likeness (QED) is 0.806. The van der Waals surface area contributed by atoms with Crippen LogP contribution in [-0.4, -0.2) is 19.4 Å². The summed E-state index contributed by atoms with van der Waals surface area (Å²) in [5, 5.41) is 0. The summed E-state index contributed by atoms with van der Waals surface area (Å²) < 4.78 is 65.3. The molecule has 0 aromatic heterocycles. The van der Waals surface area contributed by atoms with Crippen molar-refractivity contribution in [3.05, 3.63) is 29.8 Å². The number of nitrogens with one attached hydrogen (secondary N) is 1. The highest BCUT2D eigenvalue weighted by atomic mass is 32.2. The fourth-order valence-corrected chi connectivity index (χ4v) is 3.82. The number of thiocarbonyl (C=S) groups is 1. The predicted molar refractivity (Wildman–Crippen MR) is 75.1 cm³/mol. The van der Waals surface area contributed by atoms with E-state index >= 15 is 0 Å². The van der Waals surface area contributed by atoms with E-state index in [2.05, 4.69) is 4.72 Å². The summed E-state index contributed by atoms with van der Waals surface area (Å²) in [5.41, 5.74) is 4.26. The number of rotatable bonds is 5. The minimum atomic E-state index is -4.76. The number of nitrogens with two attached hydrogens (primary N) is 1. The molecule has 0 aliphatic heterocycles.